The second-order valence-corrected chi connectivity index (χ2v) is 7.75. The van der Waals surface area contributed by atoms with E-state index < -0.39 is 6.04 Å². The molecule has 5 rings (SSSR count). The Hall–Kier alpha value is -3.57. The lowest BCUT2D eigenvalue weighted by atomic mass is 9.97. The lowest BCUT2D eigenvalue weighted by Gasteiger charge is -2.26. The summed E-state index contributed by atoms with van der Waals surface area (Å²) in [5, 5.41) is 0.989. The number of nitrogens with zero attached hydrogens (tertiary/aromatic N) is 1. The summed E-state index contributed by atoms with van der Waals surface area (Å²) in [5.41, 5.74) is 1.98. The number of amides is 1. The number of benzene rings is 3. The van der Waals surface area contributed by atoms with Crippen LogP contribution in [-0.2, 0) is 6.54 Å². The zero-order chi connectivity index (χ0) is 21.5. The number of hydrogen-bond acceptors (Lipinski definition) is 4. The van der Waals surface area contributed by atoms with Gasteiger partial charge in [0.1, 0.15) is 11.3 Å². The lowest BCUT2D eigenvalue weighted by Crippen LogP contribution is -2.29. The number of fused-ring (bicyclic) bond motifs is 2. The van der Waals surface area contributed by atoms with E-state index in [1.807, 2.05) is 42.5 Å². The molecule has 1 atom stereocenters. The van der Waals surface area contributed by atoms with E-state index in [4.69, 9.17) is 20.8 Å². The number of carbonyl (C=O) groups is 1. The van der Waals surface area contributed by atoms with Crippen LogP contribution in [0.1, 0.15) is 33.3 Å². The molecular formula is C25H18ClNO4. The first-order valence-electron chi connectivity index (χ1n) is 9.83. The molecule has 1 aromatic heterocycles. The van der Waals surface area contributed by atoms with Crippen molar-refractivity contribution in [1.29, 1.82) is 0 Å². The number of hydrogen-bond donors (Lipinski definition) is 0. The maximum absolute atomic E-state index is 13.5. The fourth-order valence-electron chi connectivity index (χ4n) is 4.16. The van der Waals surface area contributed by atoms with Crippen molar-refractivity contribution >= 4 is 28.5 Å². The van der Waals surface area contributed by atoms with Crippen LogP contribution < -0.4 is 10.2 Å². The van der Waals surface area contributed by atoms with Crippen molar-refractivity contribution in [2.45, 2.75) is 12.6 Å². The van der Waals surface area contributed by atoms with E-state index in [0.717, 1.165) is 5.56 Å². The molecule has 1 aliphatic rings. The monoisotopic (exact) mass is 431 g/mol. The van der Waals surface area contributed by atoms with E-state index in [9.17, 15) is 9.59 Å². The third kappa shape index (κ3) is 3.09. The Morgan fingerprint density at radius 2 is 1.68 bits per heavy atom. The molecule has 31 heavy (non-hydrogen) atoms. The normalized spacial score (nSPS) is 15.4. The summed E-state index contributed by atoms with van der Waals surface area (Å²) >= 11 is 6.38. The molecule has 0 saturated heterocycles. The molecule has 0 saturated carbocycles. The first-order valence-corrected chi connectivity index (χ1v) is 10.2. The molecular weight excluding hydrogens is 414 g/mol. The highest BCUT2D eigenvalue weighted by atomic mass is 35.5. The highest BCUT2D eigenvalue weighted by Crippen LogP contribution is 2.42. The molecule has 4 aromatic rings. The van der Waals surface area contributed by atoms with Crippen molar-refractivity contribution in [3.05, 3.63) is 110 Å². The molecule has 6 heteroatoms. The molecule has 0 N–H and O–H groups in total. The minimum atomic E-state index is -0.657. The predicted molar refractivity (Wildman–Crippen MR) is 119 cm³/mol. The van der Waals surface area contributed by atoms with E-state index in [2.05, 4.69) is 0 Å². The van der Waals surface area contributed by atoms with Crippen LogP contribution in [0.2, 0.25) is 5.02 Å². The summed E-state index contributed by atoms with van der Waals surface area (Å²) in [6, 6.07) is 21.0. The molecule has 0 radical (unpaired) electrons. The van der Waals surface area contributed by atoms with Gasteiger partial charge in [0.05, 0.1) is 24.1 Å². The van der Waals surface area contributed by atoms with Crippen LogP contribution in [0, 0.1) is 0 Å². The van der Waals surface area contributed by atoms with Crippen LogP contribution in [0.25, 0.3) is 11.0 Å². The molecule has 0 aliphatic carbocycles. The Morgan fingerprint density at radius 3 is 2.48 bits per heavy atom. The molecule has 0 bridgehead atoms. The molecule has 3 aromatic carbocycles. The Balaban J connectivity index is 1.77. The maximum Gasteiger partial charge on any atom is 0.291 e. The minimum Gasteiger partial charge on any atom is -0.496 e. The summed E-state index contributed by atoms with van der Waals surface area (Å²) in [6.07, 6.45) is 0. The topological polar surface area (TPSA) is 59.8 Å². The summed E-state index contributed by atoms with van der Waals surface area (Å²) in [4.78, 5) is 28.6. The fourth-order valence-corrected chi connectivity index (χ4v) is 4.35. The second kappa shape index (κ2) is 7.60. The van der Waals surface area contributed by atoms with Crippen molar-refractivity contribution in [3.63, 3.8) is 0 Å². The van der Waals surface area contributed by atoms with Gasteiger partial charge in [0.15, 0.2) is 5.43 Å². The van der Waals surface area contributed by atoms with Crippen LogP contribution in [0.5, 0.6) is 5.75 Å². The van der Waals surface area contributed by atoms with Gasteiger partial charge in [-0.25, -0.2) is 0 Å². The van der Waals surface area contributed by atoms with Gasteiger partial charge in [0, 0.05) is 17.1 Å². The molecule has 1 unspecified atom stereocenters. The largest absolute Gasteiger partial charge is 0.496 e. The second-order valence-electron chi connectivity index (χ2n) is 7.34. The van der Waals surface area contributed by atoms with Crippen molar-refractivity contribution in [2.75, 3.05) is 7.11 Å². The first-order chi connectivity index (χ1) is 15.1. The minimum absolute atomic E-state index is 0.0617. The number of methoxy groups -OCH3 is 1. The molecule has 1 aliphatic heterocycles. The molecule has 0 fully saturated rings. The maximum atomic E-state index is 13.5. The highest BCUT2D eigenvalue weighted by Gasteiger charge is 2.43. The van der Waals surface area contributed by atoms with Crippen molar-refractivity contribution in [1.82, 2.24) is 4.90 Å². The van der Waals surface area contributed by atoms with Gasteiger partial charge in [0.2, 0.25) is 5.76 Å². The zero-order valence-electron chi connectivity index (χ0n) is 16.7. The van der Waals surface area contributed by atoms with Crippen LogP contribution in [-0.4, -0.2) is 17.9 Å². The van der Waals surface area contributed by atoms with Gasteiger partial charge in [-0.05, 0) is 29.8 Å². The standard InChI is InChI=1S/C25H18ClNO4/c1-30-19-12-6-3-9-16(19)22-21-23(28)17-10-4-7-13-20(17)31-24(21)25(29)27(22)14-15-8-2-5-11-18(15)26/h2-13,22H,14H2,1H3. The lowest BCUT2D eigenvalue weighted by molar-refractivity contribution is 0.0713. The van der Waals surface area contributed by atoms with Gasteiger partial charge in [-0.3, -0.25) is 9.59 Å². The molecule has 0 spiro atoms. The Labute approximate surface area is 183 Å². The van der Waals surface area contributed by atoms with Gasteiger partial charge in [0.25, 0.3) is 5.91 Å². The zero-order valence-corrected chi connectivity index (χ0v) is 17.4. The predicted octanol–water partition coefficient (Wildman–Crippen LogP) is 5.20. The molecule has 1 amide bonds. The SMILES string of the molecule is COc1ccccc1C1c2c(oc3ccccc3c2=O)C(=O)N1Cc1ccccc1Cl. The van der Waals surface area contributed by atoms with Gasteiger partial charge in [-0.1, -0.05) is 60.1 Å². The fraction of sp³-hybridized carbons (Fsp3) is 0.120. The summed E-state index contributed by atoms with van der Waals surface area (Å²) in [6.45, 7) is 0.223. The average Bonchev–Trinajstić information content (AvgIpc) is 3.07. The summed E-state index contributed by atoms with van der Waals surface area (Å²) in [7, 11) is 1.57. The molecule has 154 valence electrons. The Kier molecular flexibility index (Phi) is 4.75. The van der Waals surface area contributed by atoms with E-state index in [1.54, 1.807) is 42.3 Å². The van der Waals surface area contributed by atoms with Gasteiger partial charge < -0.3 is 14.1 Å². The summed E-state index contributed by atoms with van der Waals surface area (Å²) < 4.78 is 11.5. The van der Waals surface area contributed by atoms with Crippen molar-refractivity contribution in [2.24, 2.45) is 0 Å². The quantitative estimate of drug-likeness (QED) is 0.445. The number of carbonyl (C=O) groups excluding carboxylic acids is 1. The van der Waals surface area contributed by atoms with Crippen LogP contribution >= 0.6 is 11.6 Å². The van der Waals surface area contributed by atoms with Crippen LogP contribution in [0.4, 0.5) is 0 Å². The van der Waals surface area contributed by atoms with Gasteiger partial charge in [-0.15, -0.1) is 0 Å². The first kappa shape index (κ1) is 19.4. The smallest absolute Gasteiger partial charge is 0.291 e. The van der Waals surface area contributed by atoms with Crippen LogP contribution in [0.15, 0.2) is 82.0 Å². The third-order valence-corrected chi connectivity index (χ3v) is 5.97. The number of ether oxygens (including phenoxy) is 1. The Morgan fingerprint density at radius 1 is 0.968 bits per heavy atom. The van der Waals surface area contributed by atoms with E-state index in [-0.39, 0.29) is 23.6 Å². The number of halogens is 1. The van der Waals surface area contributed by atoms with Crippen LogP contribution in [0.3, 0.4) is 0 Å². The van der Waals surface area contributed by atoms with Crippen molar-refractivity contribution < 1.29 is 13.9 Å². The van der Waals surface area contributed by atoms with E-state index >= 15 is 0 Å². The van der Waals surface area contributed by atoms with Crippen molar-refractivity contribution in [3.8, 4) is 5.75 Å². The third-order valence-electron chi connectivity index (χ3n) is 5.61. The van der Waals surface area contributed by atoms with E-state index in [1.165, 1.54) is 0 Å². The molecule has 5 nitrogen and oxygen atoms in total. The van der Waals surface area contributed by atoms with E-state index in [0.29, 0.717) is 32.9 Å². The van der Waals surface area contributed by atoms with Gasteiger partial charge in [-0.2, -0.15) is 0 Å². The highest BCUT2D eigenvalue weighted by molar-refractivity contribution is 6.31. The average molecular weight is 432 g/mol. The summed E-state index contributed by atoms with van der Waals surface area (Å²) in [5.74, 6) is 0.296. The molecule has 2 heterocycles. The van der Waals surface area contributed by atoms with Gasteiger partial charge >= 0.3 is 0 Å². The Bertz CT molecular complexity index is 1380. The number of para-hydroxylation sites is 2. The number of rotatable bonds is 4.